The zero-order chi connectivity index (χ0) is 23.0. The molecule has 0 bridgehead atoms. The second kappa shape index (κ2) is 8.57. The Bertz CT molecular complexity index is 904. The lowest BCUT2D eigenvalue weighted by Gasteiger charge is -2.36. The molecule has 1 aromatic rings. The summed E-state index contributed by atoms with van der Waals surface area (Å²) in [5.41, 5.74) is 2.77. The number of halogens is 3. The number of carbonyl (C=O) groups excluding carboxylic acids is 1. The fourth-order valence-corrected chi connectivity index (χ4v) is 4.17. The predicted molar refractivity (Wildman–Crippen MR) is 112 cm³/mol. The quantitative estimate of drug-likeness (QED) is 0.721. The van der Waals surface area contributed by atoms with Crippen LogP contribution in [0.5, 0.6) is 11.5 Å². The minimum absolute atomic E-state index is 0.109. The van der Waals surface area contributed by atoms with Crippen LogP contribution in [-0.4, -0.2) is 59.9 Å². The maximum Gasteiger partial charge on any atom is 0.573 e. The van der Waals surface area contributed by atoms with Crippen molar-refractivity contribution < 1.29 is 27.8 Å². The summed E-state index contributed by atoms with van der Waals surface area (Å²) >= 11 is 0. The van der Waals surface area contributed by atoms with E-state index in [4.69, 9.17) is 0 Å². The standard InChI is InChI=1S/C23H29F3N2O3/c1-22(2,11-10-15-8-9-19(29)20(12-15)31-23(24,25)26)28-13-16-6-5-7-17(18(16)14-28)21(30)27(3)4/h5-6,8-9,12,17,29H,7,10-11,13-14H2,1-4H3. The Morgan fingerprint density at radius 2 is 1.97 bits per heavy atom. The molecule has 0 fully saturated rings. The summed E-state index contributed by atoms with van der Waals surface area (Å²) in [5, 5.41) is 9.65. The molecule has 8 heteroatoms. The van der Waals surface area contributed by atoms with Gasteiger partial charge in [0.25, 0.3) is 0 Å². The second-order valence-electron chi connectivity index (χ2n) is 8.99. The summed E-state index contributed by atoms with van der Waals surface area (Å²) < 4.78 is 41.5. The second-order valence-corrected chi connectivity index (χ2v) is 8.99. The predicted octanol–water partition coefficient (Wildman–Crippen LogP) is 4.28. The molecular formula is C23H29F3N2O3. The summed E-state index contributed by atoms with van der Waals surface area (Å²) in [6.45, 7) is 5.65. The van der Waals surface area contributed by atoms with Crippen LogP contribution in [0.1, 0.15) is 32.3 Å². The molecule has 170 valence electrons. The average molecular weight is 438 g/mol. The van der Waals surface area contributed by atoms with E-state index < -0.39 is 17.9 Å². The van der Waals surface area contributed by atoms with Gasteiger partial charge in [-0.2, -0.15) is 0 Å². The van der Waals surface area contributed by atoms with Gasteiger partial charge in [-0.15, -0.1) is 13.2 Å². The van der Waals surface area contributed by atoms with Crippen LogP contribution >= 0.6 is 0 Å². The summed E-state index contributed by atoms with van der Waals surface area (Å²) in [6.07, 6.45) is 1.23. The topological polar surface area (TPSA) is 53.0 Å². The van der Waals surface area contributed by atoms with Crippen molar-refractivity contribution in [1.29, 1.82) is 0 Å². The van der Waals surface area contributed by atoms with E-state index in [2.05, 4.69) is 35.6 Å². The molecule has 0 saturated carbocycles. The molecule has 1 aliphatic heterocycles. The van der Waals surface area contributed by atoms with Gasteiger partial charge in [0.05, 0.1) is 5.92 Å². The Balaban J connectivity index is 1.67. The monoisotopic (exact) mass is 438 g/mol. The van der Waals surface area contributed by atoms with Gasteiger partial charge in [-0.1, -0.05) is 18.2 Å². The van der Waals surface area contributed by atoms with Crippen molar-refractivity contribution in [3.8, 4) is 11.5 Å². The van der Waals surface area contributed by atoms with Crippen LogP contribution in [-0.2, 0) is 11.2 Å². The number of phenolic OH excluding ortho intramolecular Hbond substituents is 1. The lowest BCUT2D eigenvalue weighted by atomic mass is 9.87. The fraction of sp³-hybridized carbons (Fsp3) is 0.522. The Kier molecular flexibility index (Phi) is 6.41. The van der Waals surface area contributed by atoms with E-state index in [1.165, 1.54) is 23.3 Å². The molecule has 1 amide bonds. The van der Waals surface area contributed by atoms with Gasteiger partial charge in [0.1, 0.15) is 0 Å². The molecule has 31 heavy (non-hydrogen) atoms. The molecule has 1 N–H and O–H groups in total. The van der Waals surface area contributed by atoms with E-state index >= 15 is 0 Å². The molecule has 0 radical (unpaired) electrons. The van der Waals surface area contributed by atoms with E-state index in [0.29, 0.717) is 31.4 Å². The number of hydrogen-bond acceptors (Lipinski definition) is 4. The number of benzene rings is 1. The number of carbonyl (C=O) groups is 1. The zero-order valence-electron chi connectivity index (χ0n) is 18.3. The molecule has 1 heterocycles. The van der Waals surface area contributed by atoms with Gasteiger partial charge in [-0.3, -0.25) is 9.69 Å². The fourth-order valence-electron chi connectivity index (χ4n) is 4.17. The number of alkyl halides is 3. The van der Waals surface area contributed by atoms with Crippen molar-refractivity contribution in [3.05, 3.63) is 47.1 Å². The summed E-state index contributed by atoms with van der Waals surface area (Å²) in [7, 11) is 3.54. The third kappa shape index (κ3) is 5.42. The molecule has 1 aliphatic carbocycles. The maximum absolute atomic E-state index is 12.6. The molecule has 3 rings (SSSR count). The molecule has 5 nitrogen and oxygen atoms in total. The summed E-state index contributed by atoms with van der Waals surface area (Å²) in [5.74, 6) is -1.15. The van der Waals surface area contributed by atoms with Gasteiger partial charge in [-0.05, 0) is 62.0 Å². The third-order valence-electron chi connectivity index (χ3n) is 6.12. The van der Waals surface area contributed by atoms with E-state index in [1.54, 1.807) is 25.1 Å². The Labute approximate surface area is 180 Å². The van der Waals surface area contributed by atoms with Crippen LogP contribution in [0.3, 0.4) is 0 Å². The number of amides is 1. The van der Waals surface area contributed by atoms with Gasteiger partial charge < -0.3 is 14.7 Å². The lowest BCUT2D eigenvalue weighted by Crippen LogP contribution is -2.43. The molecular weight excluding hydrogens is 409 g/mol. The third-order valence-corrected chi connectivity index (χ3v) is 6.12. The molecule has 1 atom stereocenters. The van der Waals surface area contributed by atoms with E-state index in [0.717, 1.165) is 6.54 Å². The Hall–Kier alpha value is -2.48. The normalized spacial score (nSPS) is 19.5. The van der Waals surface area contributed by atoms with Crippen LogP contribution in [0.25, 0.3) is 0 Å². The van der Waals surface area contributed by atoms with Crippen LogP contribution in [0.2, 0.25) is 0 Å². The first-order chi connectivity index (χ1) is 14.4. The maximum atomic E-state index is 12.6. The zero-order valence-corrected chi connectivity index (χ0v) is 18.3. The van der Waals surface area contributed by atoms with Crippen molar-refractivity contribution >= 4 is 5.91 Å². The highest BCUT2D eigenvalue weighted by molar-refractivity contribution is 5.82. The first-order valence-corrected chi connectivity index (χ1v) is 10.3. The van der Waals surface area contributed by atoms with Crippen molar-refractivity contribution in [2.75, 3.05) is 27.2 Å². The minimum atomic E-state index is -4.86. The highest BCUT2D eigenvalue weighted by Crippen LogP contribution is 2.37. The Morgan fingerprint density at radius 3 is 2.61 bits per heavy atom. The number of aromatic hydroxyl groups is 1. The molecule has 1 aromatic carbocycles. The number of allylic oxidation sites excluding steroid dienone is 1. The van der Waals surface area contributed by atoms with Gasteiger partial charge in [-0.25, -0.2) is 0 Å². The number of phenols is 1. The van der Waals surface area contributed by atoms with E-state index in [1.807, 2.05) is 0 Å². The number of ether oxygens (including phenoxy) is 1. The van der Waals surface area contributed by atoms with Gasteiger partial charge in [0.15, 0.2) is 11.5 Å². The van der Waals surface area contributed by atoms with Crippen molar-refractivity contribution in [3.63, 3.8) is 0 Å². The highest BCUT2D eigenvalue weighted by atomic mass is 19.4. The van der Waals surface area contributed by atoms with E-state index in [-0.39, 0.29) is 17.4 Å². The highest BCUT2D eigenvalue weighted by Gasteiger charge is 2.38. The number of rotatable bonds is 6. The first-order valence-electron chi connectivity index (χ1n) is 10.3. The molecule has 0 aromatic heterocycles. The van der Waals surface area contributed by atoms with Crippen molar-refractivity contribution in [2.45, 2.75) is 45.0 Å². The smallest absolute Gasteiger partial charge is 0.504 e. The average Bonchev–Trinajstić information content (AvgIpc) is 3.12. The van der Waals surface area contributed by atoms with Crippen LogP contribution in [0.4, 0.5) is 13.2 Å². The van der Waals surface area contributed by atoms with Crippen molar-refractivity contribution in [1.82, 2.24) is 9.80 Å². The SMILES string of the molecule is CN(C)C(=O)C1CC=CC2=C1CN(C(C)(C)CCc1ccc(O)c(OC(F)(F)F)c1)C2. The first kappa shape index (κ1) is 23.2. The number of aryl methyl sites for hydroxylation is 1. The van der Waals surface area contributed by atoms with Crippen LogP contribution < -0.4 is 4.74 Å². The molecule has 2 aliphatic rings. The molecule has 1 unspecified atom stereocenters. The van der Waals surface area contributed by atoms with E-state index in [9.17, 15) is 23.1 Å². The number of hydrogen-bond donors (Lipinski definition) is 1. The van der Waals surface area contributed by atoms with Gasteiger partial charge >= 0.3 is 6.36 Å². The van der Waals surface area contributed by atoms with Crippen LogP contribution in [0.15, 0.2) is 41.5 Å². The minimum Gasteiger partial charge on any atom is -0.504 e. The lowest BCUT2D eigenvalue weighted by molar-refractivity contribution is -0.275. The molecule has 0 saturated heterocycles. The van der Waals surface area contributed by atoms with Crippen molar-refractivity contribution in [2.24, 2.45) is 5.92 Å². The largest absolute Gasteiger partial charge is 0.573 e. The summed E-state index contributed by atoms with van der Waals surface area (Å²) in [4.78, 5) is 16.5. The Morgan fingerprint density at radius 1 is 1.26 bits per heavy atom. The van der Waals surface area contributed by atoms with Gasteiger partial charge in [0, 0.05) is 32.7 Å². The van der Waals surface area contributed by atoms with Crippen LogP contribution in [0, 0.1) is 5.92 Å². The summed E-state index contributed by atoms with van der Waals surface area (Å²) in [6, 6.07) is 4.07. The number of nitrogens with zero attached hydrogens (tertiary/aromatic N) is 2. The molecule has 0 spiro atoms. The van der Waals surface area contributed by atoms with Gasteiger partial charge in [0.2, 0.25) is 5.91 Å².